The third-order valence-electron chi connectivity index (χ3n) is 4.91. The van der Waals surface area contributed by atoms with Crippen molar-refractivity contribution in [3.63, 3.8) is 0 Å². The van der Waals surface area contributed by atoms with E-state index in [4.69, 9.17) is 0 Å². The Kier molecular flexibility index (Phi) is 8.75. The molecule has 0 radical (unpaired) electrons. The van der Waals surface area contributed by atoms with Crippen molar-refractivity contribution in [1.29, 1.82) is 0 Å². The monoisotopic (exact) mass is 440 g/mol. The summed E-state index contributed by atoms with van der Waals surface area (Å²) in [5, 5.41) is 3.00. The molecule has 0 aromatic heterocycles. The van der Waals surface area contributed by atoms with Crippen LogP contribution in [0.3, 0.4) is 0 Å². The van der Waals surface area contributed by atoms with Crippen LogP contribution >= 0.6 is 11.8 Å². The number of carbonyl (C=O) groups excluding carboxylic acids is 2. The molecule has 1 unspecified atom stereocenters. The van der Waals surface area contributed by atoms with Gasteiger partial charge in [-0.3, -0.25) is 9.59 Å². The first-order valence-corrected chi connectivity index (χ1v) is 11.9. The first kappa shape index (κ1) is 25.0. The van der Waals surface area contributed by atoms with Gasteiger partial charge in [0, 0.05) is 17.8 Å². The lowest BCUT2D eigenvalue weighted by Gasteiger charge is -2.31. The summed E-state index contributed by atoms with van der Waals surface area (Å²) in [4.78, 5) is 27.7. The van der Waals surface area contributed by atoms with E-state index in [1.807, 2.05) is 58.9 Å². The fourth-order valence-electron chi connectivity index (χ4n) is 3.44. The third-order valence-corrected chi connectivity index (χ3v) is 5.90. The number of amides is 2. The number of nitrogens with one attached hydrogen (secondary N) is 1. The molecule has 2 aromatic rings. The van der Waals surface area contributed by atoms with Crippen LogP contribution in [0.1, 0.15) is 55.5 Å². The molecule has 0 fully saturated rings. The van der Waals surface area contributed by atoms with Gasteiger partial charge in [0.25, 0.3) is 0 Å². The molecule has 2 rings (SSSR count). The number of benzene rings is 2. The van der Waals surface area contributed by atoms with E-state index >= 15 is 0 Å². The zero-order valence-corrected chi connectivity index (χ0v) is 20.7. The SMILES string of the molecule is Cc1ccc(CN(C(=O)CSCc2cc(C)cc(C)c2)C(C)C(=O)NC(C)(C)C)cc1. The second kappa shape index (κ2) is 10.9. The summed E-state index contributed by atoms with van der Waals surface area (Å²) in [7, 11) is 0. The third kappa shape index (κ3) is 8.41. The van der Waals surface area contributed by atoms with Gasteiger partial charge in [0.05, 0.1) is 5.75 Å². The van der Waals surface area contributed by atoms with Crippen molar-refractivity contribution in [2.45, 2.75) is 72.3 Å². The largest absolute Gasteiger partial charge is 0.350 e. The Balaban J connectivity index is 2.10. The van der Waals surface area contributed by atoms with Gasteiger partial charge >= 0.3 is 0 Å². The lowest BCUT2D eigenvalue weighted by molar-refractivity contribution is -0.139. The summed E-state index contributed by atoms with van der Waals surface area (Å²) in [5.41, 5.74) is 5.53. The van der Waals surface area contributed by atoms with Crippen LogP contribution in [0, 0.1) is 20.8 Å². The predicted molar refractivity (Wildman–Crippen MR) is 131 cm³/mol. The van der Waals surface area contributed by atoms with Gasteiger partial charge in [-0.05, 0) is 59.6 Å². The molecular formula is C26H36N2O2S. The Morgan fingerprint density at radius 3 is 2.06 bits per heavy atom. The van der Waals surface area contributed by atoms with Crippen LogP contribution < -0.4 is 5.32 Å². The number of hydrogen-bond acceptors (Lipinski definition) is 3. The highest BCUT2D eigenvalue weighted by Crippen LogP contribution is 2.18. The molecule has 2 aromatic carbocycles. The summed E-state index contributed by atoms with van der Waals surface area (Å²) < 4.78 is 0. The van der Waals surface area contributed by atoms with E-state index < -0.39 is 6.04 Å². The Labute approximate surface area is 191 Å². The molecule has 4 nitrogen and oxygen atoms in total. The van der Waals surface area contributed by atoms with Crippen molar-refractivity contribution in [2.24, 2.45) is 0 Å². The van der Waals surface area contributed by atoms with E-state index in [0.29, 0.717) is 12.3 Å². The average Bonchev–Trinajstić information content (AvgIpc) is 2.64. The van der Waals surface area contributed by atoms with E-state index in [-0.39, 0.29) is 17.4 Å². The fraction of sp³-hybridized carbons (Fsp3) is 0.462. The summed E-state index contributed by atoms with van der Waals surface area (Å²) in [5.74, 6) is 0.958. The molecule has 0 saturated heterocycles. The highest BCUT2D eigenvalue weighted by atomic mass is 32.2. The predicted octanol–water partition coefficient (Wildman–Crippen LogP) is 5.18. The zero-order valence-electron chi connectivity index (χ0n) is 19.9. The number of aryl methyl sites for hydroxylation is 3. The number of thioether (sulfide) groups is 1. The van der Waals surface area contributed by atoms with Crippen molar-refractivity contribution in [1.82, 2.24) is 10.2 Å². The number of nitrogens with zero attached hydrogens (tertiary/aromatic N) is 1. The summed E-state index contributed by atoms with van der Waals surface area (Å²) in [6.45, 7) is 14.3. The van der Waals surface area contributed by atoms with Crippen molar-refractivity contribution >= 4 is 23.6 Å². The van der Waals surface area contributed by atoms with Gasteiger partial charge in [0.2, 0.25) is 11.8 Å². The van der Waals surface area contributed by atoms with Gasteiger partial charge < -0.3 is 10.2 Å². The van der Waals surface area contributed by atoms with Crippen LogP contribution in [0.25, 0.3) is 0 Å². The quantitative estimate of drug-likeness (QED) is 0.615. The van der Waals surface area contributed by atoms with Crippen LogP contribution in [0.4, 0.5) is 0 Å². The molecule has 0 heterocycles. The van der Waals surface area contributed by atoms with Crippen molar-refractivity contribution < 1.29 is 9.59 Å². The maximum atomic E-state index is 13.2. The van der Waals surface area contributed by atoms with Crippen LogP contribution in [0.15, 0.2) is 42.5 Å². The van der Waals surface area contributed by atoms with Gasteiger partial charge in [-0.25, -0.2) is 0 Å². The van der Waals surface area contributed by atoms with Gasteiger partial charge in [0.1, 0.15) is 6.04 Å². The lowest BCUT2D eigenvalue weighted by atomic mass is 10.1. The van der Waals surface area contributed by atoms with Crippen LogP contribution in [-0.4, -0.2) is 34.0 Å². The molecule has 1 N–H and O–H groups in total. The standard InChI is InChI=1S/C26H36N2O2S/c1-18-8-10-22(11-9-18)15-28(21(4)25(30)27-26(5,6)7)24(29)17-31-16-23-13-19(2)12-20(3)14-23/h8-14,21H,15-17H2,1-7H3,(H,27,30). The topological polar surface area (TPSA) is 49.4 Å². The number of carbonyl (C=O) groups is 2. The van der Waals surface area contributed by atoms with E-state index in [1.165, 1.54) is 22.3 Å². The maximum absolute atomic E-state index is 13.2. The molecule has 31 heavy (non-hydrogen) atoms. The Morgan fingerprint density at radius 1 is 0.935 bits per heavy atom. The molecular weight excluding hydrogens is 404 g/mol. The van der Waals surface area contributed by atoms with Gasteiger partial charge in [-0.1, -0.05) is 59.2 Å². The normalized spacial score (nSPS) is 12.4. The molecule has 0 aliphatic rings. The van der Waals surface area contributed by atoms with Crippen molar-refractivity contribution in [2.75, 3.05) is 5.75 Å². The molecule has 0 bridgehead atoms. The van der Waals surface area contributed by atoms with Gasteiger partial charge in [-0.2, -0.15) is 0 Å². The summed E-state index contributed by atoms with van der Waals surface area (Å²) in [6.07, 6.45) is 0. The van der Waals surface area contributed by atoms with Crippen molar-refractivity contribution in [3.8, 4) is 0 Å². The first-order valence-electron chi connectivity index (χ1n) is 10.8. The van der Waals surface area contributed by atoms with Crippen LogP contribution in [0.2, 0.25) is 0 Å². The van der Waals surface area contributed by atoms with E-state index in [0.717, 1.165) is 11.3 Å². The molecule has 0 spiro atoms. The second-order valence-corrected chi connectivity index (χ2v) is 10.4. The average molecular weight is 441 g/mol. The molecule has 2 amide bonds. The van der Waals surface area contributed by atoms with Crippen LogP contribution in [-0.2, 0) is 21.9 Å². The smallest absolute Gasteiger partial charge is 0.242 e. The minimum absolute atomic E-state index is 0.0218. The molecule has 1 atom stereocenters. The van der Waals surface area contributed by atoms with Gasteiger partial charge in [-0.15, -0.1) is 11.8 Å². The molecule has 0 saturated carbocycles. The second-order valence-electron chi connectivity index (χ2n) is 9.41. The maximum Gasteiger partial charge on any atom is 0.242 e. The Hall–Kier alpha value is -2.27. The zero-order chi connectivity index (χ0) is 23.2. The summed E-state index contributed by atoms with van der Waals surface area (Å²) in [6, 6.07) is 14.0. The lowest BCUT2D eigenvalue weighted by Crippen LogP contribution is -2.52. The highest BCUT2D eigenvalue weighted by Gasteiger charge is 2.28. The molecule has 5 heteroatoms. The molecule has 0 aliphatic heterocycles. The molecule has 168 valence electrons. The van der Waals surface area contributed by atoms with Crippen LogP contribution in [0.5, 0.6) is 0 Å². The van der Waals surface area contributed by atoms with E-state index in [9.17, 15) is 9.59 Å². The number of hydrogen-bond donors (Lipinski definition) is 1. The number of rotatable bonds is 8. The Bertz CT molecular complexity index is 880. The fourth-order valence-corrected chi connectivity index (χ4v) is 4.28. The van der Waals surface area contributed by atoms with Crippen molar-refractivity contribution in [3.05, 3.63) is 70.3 Å². The van der Waals surface area contributed by atoms with E-state index in [1.54, 1.807) is 16.7 Å². The minimum Gasteiger partial charge on any atom is -0.350 e. The molecule has 0 aliphatic carbocycles. The highest BCUT2D eigenvalue weighted by molar-refractivity contribution is 7.99. The first-order chi connectivity index (χ1) is 14.4. The Morgan fingerprint density at radius 2 is 1.52 bits per heavy atom. The summed E-state index contributed by atoms with van der Waals surface area (Å²) >= 11 is 1.59. The van der Waals surface area contributed by atoms with E-state index in [2.05, 4.69) is 37.4 Å². The van der Waals surface area contributed by atoms with Gasteiger partial charge in [0.15, 0.2) is 0 Å². The minimum atomic E-state index is -0.546.